The minimum Gasteiger partial charge on any atom is -0.481 e. The average molecular weight is 467 g/mol. The van der Waals surface area contributed by atoms with Crippen LogP contribution in [0.1, 0.15) is 12.8 Å². The standard InChI is InChI=1S/C6H8O7.3CN.Au/c7-3(8)1-6(13,5(11)12)2-4(9)10;3*1-2;/h13H,1-2H2,(H,7,8)(H,9,10)(H,11,12);;;;. The fourth-order valence-corrected chi connectivity index (χ4v) is 1.08. The summed E-state index contributed by atoms with van der Waals surface area (Å²) in [5, 5.41) is 57.5. The first kappa shape index (κ1) is 19.9. The molecule has 0 saturated heterocycles. The maximum absolute atomic E-state index is 10.3. The fraction of sp³-hybridized carbons (Fsp3) is 0.333. The Morgan fingerprint density at radius 2 is 1.20 bits per heavy atom. The monoisotopic (exact) mass is 467 g/mol. The molecule has 0 aliphatic carbocycles. The van der Waals surface area contributed by atoms with Crippen molar-refractivity contribution in [2.45, 2.75) is 18.4 Å². The van der Waals surface area contributed by atoms with E-state index in [2.05, 4.69) is 0 Å². The Labute approximate surface area is 118 Å². The maximum Gasteiger partial charge on any atom is 0.336 e. The number of hydrogen-bond acceptors (Lipinski definition) is 7. The predicted molar refractivity (Wildman–Crippen MR) is 53.9 cm³/mol. The van der Waals surface area contributed by atoms with Crippen molar-refractivity contribution in [3.63, 3.8) is 0 Å². The molecule has 0 amide bonds. The second-order valence-corrected chi connectivity index (χ2v) is 5.98. The molecule has 112 valence electrons. The van der Waals surface area contributed by atoms with E-state index in [0.29, 0.717) is 0 Å². The third-order valence-corrected chi connectivity index (χ3v) is 2.94. The van der Waals surface area contributed by atoms with Gasteiger partial charge < -0.3 is 20.4 Å². The van der Waals surface area contributed by atoms with Gasteiger partial charge in [-0.2, -0.15) is 0 Å². The van der Waals surface area contributed by atoms with Crippen molar-refractivity contribution in [2.24, 2.45) is 0 Å². The zero-order valence-electron chi connectivity index (χ0n) is 9.57. The molecule has 0 unspecified atom stereocenters. The number of hydrogen-bond donors (Lipinski definition) is 4. The zero-order valence-corrected chi connectivity index (χ0v) is 11.7. The topological polar surface area (TPSA) is 203 Å². The Kier molecular flexibility index (Phi) is 9.46. The van der Waals surface area contributed by atoms with E-state index in [1.54, 1.807) is 12.9 Å². The normalized spacial score (nSPS) is 9.60. The number of rotatable bonds is 5. The Bertz CT molecular complexity index is 464. The van der Waals surface area contributed by atoms with Crippen molar-refractivity contribution in [1.82, 2.24) is 0 Å². The number of carbonyl (C=O) groups is 3. The predicted octanol–water partition coefficient (Wildman–Crippen LogP) is -1.20. The van der Waals surface area contributed by atoms with Gasteiger partial charge in [0.15, 0.2) is 5.60 Å². The summed E-state index contributed by atoms with van der Waals surface area (Å²) in [5.74, 6) is -5.02. The summed E-state index contributed by atoms with van der Waals surface area (Å²) >= 11 is -2.33. The van der Waals surface area contributed by atoms with Gasteiger partial charge in [-0.25, -0.2) is 4.79 Å². The van der Waals surface area contributed by atoms with Crippen molar-refractivity contribution in [3.05, 3.63) is 0 Å². The molecule has 10 nitrogen and oxygen atoms in total. The van der Waals surface area contributed by atoms with Crippen molar-refractivity contribution in [2.75, 3.05) is 0 Å². The van der Waals surface area contributed by atoms with Crippen LogP contribution in [0.4, 0.5) is 0 Å². The van der Waals surface area contributed by atoms with E-state index in [1.807, 2.05) is 0 Å². The van der Waals surface area contributed by atoms with Crippen molar-refractivity contribution in [1.29, 1.82) is 15.8 Å². The quantitative estimate of drug-likeness (QED) is 0.356. The van der Waals surface area contributed by atoms with Crippen LogP contribution in [-0.4, -0.2) is 43.9 Å². The summed E-state index contributed by atoms with van der Waals surface area (Å²) in [6, 6.07) is 0. The first-order valence-corrected chi connectivity index (χ1v) is 7.54. The van der Waals surface area contributed by atoms with Gasteiger partial charge in [-0.15, -0.1) is 0 Å². The summed E-state index contributed by atoms with van der Waals surface area (Å²) in [4.78, 5) is 30.5. The summed E-state index contributed by atoms with van der Waals surface area (Å²) in [6.45, 7) is 0. The molecule has 0 aliphatic rings. The minimum atomic E-state index is -2.74. The number of nitriles is 3. The van der Waals surface area contributed by atoms with Crippen LogP contribution >= 0.6 is 0 Å². The zero-order chi connectivity index (χ0) is 16.3. The van der Waals surface area contributed by atoms with Gasteiger partial charge in [0.25, 0.3) is 0 Å². The van der Waals surface area contributed by atoms with Gasteiger partial charge in [0.2, 0.25) is 0 Å². The molecule has 0 aromatic carbocycles. The van der Waals surface area contributed by atoms with Crippen LogP contribution < -0.4 is 0 Å². The second-order valence-electron chi connectivity index (χ2n) is 2.91. The Morgan fingerprint density at radius 3 is 1.30 bits per heavy atom. The van der Waals surface area contributed by atoms with Gasteiger partial charge in [-0.3, -0.25) is 9.59 Å². The molecule has 11 heteroatoms. The molecule has 0 rings (SSSR count). The summed E-state index contributed by atoms with van der Waals surface area (Å²) in [6.07, 6.45) is -2.29. The number of aliphatic hydroxyl groups is 1. The van der Waals surface area contributed by atoms with Gasteiger partial charge in [0, 0.05) is 0 Å². The first-order valence-electron chi connectivity index (χ1n) is 4.29. The molecule has 4 N–H and O–H groups in total. The van der Waals surface area contributed by atoms with Crippen LogP contribution in [-0.2, 0) is 32.8 Å². The number of aliphatic carboxylic acids is 3. The number of carboxylic acids is 3. The molecular formula is C9H8AuN3O7. The first-order chi connectivity index (χ1) is 9.12. The molecule has 0 spiro atoms. The molecule has 0 bridgehead atoms. The molecule has 0 radical (unpaired) electrons. The third-order valence-electron chi connectivity index (χ3n) is 1.49. The largest absolute Gasteiger partial charge is 0.481 e. The van der Waals surface area contributed by atoms with E-state index < -0.39 is 54.8 Å². The van der Waals surface area contributed by atoms with Crippen molar-refractivity contribution >= 4 is 17.9 Å². The number of nitrogens with zero attached hydrogens (tertiary/aromatic N) is 3. The van der Waals surface area contributed by atoms with Crippen LogP contribution in [0.15, 0.2) is 0 Å². The maximum atomic E-state index is 10.3. The van der Waals surface area contributed by atoms with Crippen LogP contribution in [0, 0.1) is 28.6 Å². The summed E-state index contributed by atoms with van der Waals surface area (Å²) < 4.78 is 4.88. The molecule has 20 heavy (non-hydrogen) atoms. The molecule has 0 saturated carbocycles. The molecular weight excluding hydrogens is 459 g/mol. The van der Waals surface area contributed by atoms with Gasteiger partial charge in [-0.05, 0) is 0 Å². The Hall–Kier alpha value is -2.42. The van der Waals surface area contributed by atoms with Crippen LogP contribution in [0.3, 0.4) is 0 Å². The van der Waals surface area contributed by atoms with Gasteiger partial charge in [-0.1, -0.05) is 0 Å². The van der Waals surface area contributed by atoms with E-state index in [1.165, 1.54) is 0 Å². The van der Waals surface area contributed by atoms with Crippen LogP contribution in [0.5, 0.6) is 0 Å². The third kappa shape index (κ3) is 8.64. The van der Waals surface area contributed by atoms with Gasteiger partial charge in [0.05, 0.1) is 12.8 Å². The molecule has 0 aromatic rings. The van der Waals surface area contributed by atoms with Crippen LogP contribution in [0.2, 0.25) is 0 Å². The number of carboxylic acid groups (broad SMARTS) is 3. The van der Waals surface area contributed by atoms with Crippen LogP contribution in [0.25, 0.3) is 0 Å². The molecule has 0 heterocycles. The summed E-state index contributed by atoms with van der Waals surface area (Å²) in [5.41, 5.74) is -2.74. The Morgan fingerprint density at radius 1 is 0.900 bits per heavy atom. The van der Waals surface area contributed by atoms with Crippen molar-refractivity contribution < 1.29 is 53.3 Å². The fourth-order valence-electron chi connectivity index (χ4n) is 0.759. The van der Waals surface area contributed by atoms with Gasteiger partial charge in [0.1, 0.15) is 0 Å². The van der Waals surface area contributed by atoms with E-state index in [-0.39, 0.29) is 0 Å². The van der Waals surface area contributed by atoms with E-state index in [0.717, 1.165) is 0 Å². The SMILES string of the molecule is N#[C][Au]([C]#N)[C]#N.O=C(O)CC(O)(CC(=O)O)C(=O)O. The van der Waals surface area contributed by atoms with E-state index in [4.69, 9.17) is 36.2 Å². The Balaban J connectivity index is 0. The van der Waals surface area contributed by atoms with E-state index in [9.17, 15) is 14.4 Å². The molecule has 0 aromatic heterocycles. The van der Waals surface area contributed by atoms with E-state index >= 15 is 0 Å². The molecule has 0 atom stereocenters. The van der Waals surface area contributed by atoms with Gasteiger partial charge >= 0.3 is 65.0 Å². The van der Waals surface area contributed by atoms with Crippen molar-refractivity contribution in [3.8, 4) is 12.9 Å². The minimum absolute atomic E-state index is 1.14. The summed E-state index contributed by atoms with van der Waals surface area (Å²) in [7, 11) is 0. The average Bonchev–Trinajstić information content (AvgIpc) is 2.29. The molecule has 0 aliphatic heterocycles. The second kappa shape index (κ2) is 9.50. The smallest absolute Gasteiger partial charge is 0.336 e. The molecule has 0 fully saturated rings.